The van der Waals surface area contributed by atoms with E-state index < -0.39 is 62.0 Å². The second-order valence-electron chi connectivity index (χ2n) is 19.1. The van der Waals surface area contributed by atoms with Gasteiger partial charge in [-0.15, -0.1) is 0 Å². The summed E-state index contributed by atoms with van der Waals surface area (Å²) >= 11 is 0. The second-order valence-corrected chi connectivity index (χ2v) is 19.1. The van der Waals surface area contributed by atoms with Crippen molar-refractivity contribution < 1.29 is 52.4 Å². The van der Waals surface area contributed by atoms with E-state index in [-0.39, 0.29) is 29.2 Å². The molecule has 2 aromatic carbocycles. The summed E-state index contributed by atoms with van der Waals surface area (Å²) in [5.41, 5.74) is -2.41. The molecule has 2 aliphatic rings. The summed E-state index contributed by atoms with van der Waals surface area (Å²) in [5.74, 6) is -0.963. The number of nitrogens with one attached hydrogen (secondary N) is 4. The van der Waals surface area contributed by atoms with Gasteiger partial charge in [-0.25, -0.2) is 19.2 Å². The summed E-state index contributed by atoms with van der Waals surface area (Å²) in [6.07, 6.45) is 5.22. The highest BCUT2D eigenvalue weighted by atomic mass is 19.1. The Bertz CT molecular complexity index is 1900. The number of halogens is 1. The molecular formula is C43H66FN7O12. The maximum absolute atomic E-state index is 13.0. The Morgan fingerprint density at radius 3 is 1.43 bits per heavy atom. The zero-order valence-corrected chi connectivity index (χ0v) is 38.6. The van der Waals surface area contributed by atoms with Crippen molar-refractivity contribution in [3.63, 3.8) is 0 Å². The molecule has 1 saturated heterocycles. The monoisotopic (exact) mass is 891 g/mol. The minimum Gasteiger partial charge on any atom is -0.444 e. The lowest BCUT2D eigenvalue weighted by molar-refractivity contribution is -0.387. The fourth-order valence-corrected chi connectivity index (χ4v) is 6.10. The number of hydrogen-bond acceptors (Lipinski definition) is 13. The topological polar surface area (TPSA) is 243 Å². The highest BCUT2D eigenvalue weighted by Crippen LogP contribution is 2.33. The number of piperidine rings is 1. The van der Waals surface area contributed by atoms with Crippen molar-refractivity contribution in [2.45, 2.75) is 163 Å². The van der Waals surface area contributed by atoms with Gasteiger partial charge in [-0.05, 0) is 133 Å². The molecule has 1 saturated carbocycles. The van der Waals surface area contributed by atoms with Crippen LogP contribution in [0.1, 0.15) is 128 Å². The average molecular weight is 892 g/mol. The summed E-state index contributed by atoms with van der Waals surface area (Å²) in [4.78, 5) is 69.6. The predicted octanol–water partition coefficient (Wildman–Crippen LogP) is 10.4. The highest BCUT2D eigenvalue weighted by molar-refractivity contribution is 5.87. The largest absolute Gasteiger partial charge is 0.444 e. The van der Waals surface area contributed by atoms with Gasteiger partial charge in [-0.2, -0.15) is 4.39 Å². The number of anilines is 3. The van der Waals surface area contributed by atoms with Crippen LogP contribution in [-0.2, 0) is 18.9 Å². The minimum atomic E-state index is -0.963. The molecule has 0 aromatic heterocycles. The molecule has 2 aromatic rings. The Morgan fingerprint density at radius 2 is 0.984 bits per heavy atom. The third kappa shape index (κ3) is 22.1. The van der Waals surface area contributed by atoms with Crippen LogP contribution in [0.5, 0.6) is 0 Å². The van der Waals surface area contributed by atoms with Crippen molar-refractivity contribution in [2.75, 3.05) is 28.6 Å². The summed E-state index contributed by atoms with van der Waals surface area (Å²) < 4.78 is 33.7. The van der Waals surface area contributed by atoms with Gasteiger partial charge in [0.1, 0.15) is 28.1 Å². The number of carbonyl (C=O) groups is 4. The van der Waals surface area contributed by atoms with E-state index in [1.807, 2.05) is 25.7 Å². The molecule has 0 spiro atoms. The van der Waals surface area contributed by atoms with E-state index >= 15 is 0 Å². The summed E-state index contributed by atoms with van der Waals surface area (Å²) in [6.45, 7) is 22.3. The van der Waals surface area contributed by atoms with E-state index in [0.717, 1.165) is 37.8 Å². The quantitative estimate of drug-likeness (QED) is 0.115. The minimum absolute atomic E-state index is 0.0948. The van der Waals surface area contributed by atoms with Crippen LogP contribution in [0.15, 0.2) is 36.4 Å². The molecule has 1 aliphatic heterocycles. The van der Waals surface area contributed by atoms with E-state index in [1.165, 1.54) is 31.4 Å². The van der Waals surface area contributed by atoms with Crippen molar-refractivity contribution in [2.24, 2.45) is 0 Å². The molecule has 1 aliphatic carbocycles. The number of nitrogens with zero attached hydrogens (tertiary/aromatic N) is 3. The number of ether oxygens (including phenoxy) is 4. The lowest BCUT2D eigenvalue weighted by atomic mass is 9.96. The van der Waals surface area contributed by atoms with Gasteiger partial charge in [0.25, 0.3) is 5.69 Å². The molecule has 4 rings (SSSR count). The summed E-state index contributed by atoms with van der Waals surface area (Å²) in [6, 6.07) is 7.69. The van der Waals surface area contributed by atoms with E-state index in [1.54, 1.807) is 74.4 Å². The van der Waals surface area contributed by atoms with Gasteiger partial charge in [0, 0.05) is 37.3 Å². The van der Waals surface area contributed by atoms with Gasteiger partial charge in [-0.1, -0.05) is 19.3 Å². The van der Waals surface area contributed by atoms with Crippen molar-refractivity contribution in [3.8, 4) is 0 Å². The van der Waals surface area contributed by atoms with Crippen LogP contribution in [0.2, 0.25) is 0 Å². The number of rotatable bonds is 7. The number of alkyl carbamates (subject to hydrolysis) is 2. The lowest BCUT2D eigenvalue weighted by Crippen LogP contribution is -2.49. The molecule has 352 valence electrons. The second kappa shape index (κ2) is 22.9. The maximum Gasteiger partial charge on any atom is 0.412 e. The highest BCUT2D eigenvalue weighted by Gasteiger charge is 2.29. The third-order valence-corrected chi connectivity index (χ3v) is 8.41. The summed E-state index contributed by atoms with van der Waals surface area (Å²) in [7, 11) is 0. The van der Waals surface area contributed by atoms with Gasteiger partial charge >= 0.3 is 30.1 Å². The fourth-order valence-electron chi connectivity index (χ4n) is 6.10. The first kappa shape index (κ1) is 53.2. The van der Waals surface area contributed by atoms with Crippen molar-refractivity contribution in [3.05, 3.63) is 62.4 Å². The predicted molar refractivity (Wildman–Crippen MR) is 237 cm³/mol. The van der Waals surface area contributed by atoms with Crippen LogP contribution in [0.25, 0.3) is 0 Å². The molecule has 4 amide bonds. The normalized spacial score (nSPS) is 15.7. The number of amides is 4. The van der Waals surface area contributed by atoms with Crippen molar-refractivity contribution in [1.82, 2.24) is 10.6 Å². The Kier molecular flexibility index (Phi) is 19.4. The number of carbonyl (C=O) groups excluding carboxylic acids is 4. The number of nitro benzene ring substituents is 2. The van der Waals surface area contributed by atoms with Crippen molar-refractivity contribution in [1.29, 1.82) is 0 Å². The molecule has 1 atom stereocenters. The van der Waals surface area contributed by atoms with E-state index in [4.69, 9.17) is 18.9 Å². The zero-order chi connectivity index (χ0) is 47.9. The number of nitro groups is 2. The Balaban J connectivity index is 0.000000360. The van der Waals surface area contributed by atoms with Crippen LogP contribution >= 0.6 is 0 Å². The standard InChI is InChI=1S/C21H32N4O6.C11H13FN2O4.C11H21NO2/c1-20(2,3)30-18(26)22-14-9-10-16(17(12-14)25(28)29)24-11-7-8-15(13-24)23-19(27)31-21(4,5)6;1-11(2,3)18-10(15)13-7-4-5-8(12)9(6-7)14(16)17;1-11(2,3)14-10(13)12-9-7-5-4-6-8-9/h9-10,12,15H,7-8,11,13H2,1-6H3,(H,22,26)(H,23,27);4-6H,1-3H3,(H,13,15);9H,4-8H2,1-3H3,(H,12,13)/t15-;;/m1../s1. The molecule has 0 radical (unpaired) electrons. The van der Waals surface area contributed by atoms with Gasteiger partial charge in [0.15, 0.2) is 0 Å². The Morgan fingerprint density at radius 1 is 0.587 bits per heavy atom. The average Bonchev–Trinajstić information content (AvgIpc) is 3.10. The van der Waals surface area contributed by atoms with Crippen molar-refractivity contribution >= 4 is 52.8 Å². The molecule has 20 heteroatoms. The molecule has 19 nitrogen and oxygen atoms in total. The zero-order valence-electron chi connectivity index (χ0n) is 38.6. The van der Waals surface area contributed by atoms with Crippen LogP contribution < -0.4 is 26.2 Å². The van der Waals surface area contributed by atoms with Gasteiger partial charge < -0.3 is 34.5 Å². The first-order chi connectivity index (χ1) is 28.9. The maximum atomic E-state index is 13.0. The van der Waals surface area contributed by atoms with Gasteiger partial charge in [0.05, 0.1) is 21.2 Å². The molecule has 1 heterocycles. The van der Waals surface area contributed by atoms with E-state index in [2.05, 4.69) is 21.3 Å². The van der Waals surface area contributed by atoms with Crippen LogP contribution in [-0.4, -0.2) is 81.8 Å². The Hall–Kier alpha value is -5.95. The molecule has 4 N–H and O–H groups in total. The third-order valence-electron chi connectivity index (χ3n) is 8.41. The Labute approximate surface area is 368 Å². The van der Waals surface area contributed by atoms with Crippen LogP contribution in [0.4, 0.5) is 52.0 Å². The van der Waals surface area contributed by atoms with Gasteiger partial charge in [-0.3, -0.25) is 30.9 Å². The SMILES string of the molecule is CC(C)(C)OC(=O)NC1CCCCC1.CC(C)(C)OC(=O)Nc1ccc(F)c([N+](=O)[O-])c1.CC(C)(C)OC(=O)Nc1ccc(N2CCC[C@@H](NC(=O)OC(C)(C)C)C2)c([N+](=O)[O-])c1. The fraction of sp³-hybridized carbons (Fsp3) is 0.628. The molecule has 0 unspecified atom stereocenters. The lowest BCUT2D eigenvalue weighted by Gasteiger charge is -2.34. The molecule has 2 fully saturated rings. The summed E-state index contributed by atoms with van der Waals surface area (Å²) in [5, 5.41) is 32.8. The van der Waals surface area contributed by atoms with E-state index in [9.17, 15) is 43.8 Å². The van der Waals surface area contributed by atoms with E-state index in [0.29, 0.717) is 24.8 Å². The molecule has 63 heavy (non-hydrogen) atoms. The van der Waals surface area contributed by atoms with Gasteiger partial charge in [0.2, 0.25) is 5.82 Å². The van der Waals surface area contributed by atoms with Crippen LogP contribution in [0, 0.1) is 26.0 Å². The molecule has 0 bridgehead atoms. The first-order valence-electron chi connectivity index (χ1n) is 20.9. The molecular weight excluding hydrogens is 826 g/mol. The smallest absolute Gasteiger partial charge is 0.412 e. The van der Waals surface area contributed by atoms with Crippen LogP contribution in [0.3, 0.4) is 0 Å². The number of hydrogen-bond donors (Lipinski definition) is 4. The first-order valence-corrected chi connectivity index (χ1v) is 20.9. The number of benzene rings is 2.